The van der Waals surface area contributed by atoms with Gasteiger partial charge in [-0.15, -0.1) is 0 Å². The van der Waals surface area contributed by atoms with E-state index in [1.807, 2.05) is 0 Å². The lowest BCUT2D eigenvalue weighted by atomic mass is 9.94. The summed E-state index contributed by atoms with van der Waals surface area (Å²) in [7, 11) is 0. The van der Waals surface area contributed by atoms with Gasteiger partial charge in [0.1, 0.15) is 0 Å². The fourth-order valence-corrected chi connectivity index (χ4v) is 3.01. The fourth-order valence-electron chi connectivity index (χ4n) is 3.01. The van der Waals surface area contributed by atoms with Crippen LogP contribution in [0.2, 0.25) is 0 Å². The van der Waals surface area contributed by atoms with Gasteiger partial charge in [-0.1, -0.05) is 0 Å². The Hall–Kier alpha value is -1.46. The van der Waals surface area contributed by atoms with E-state index < -0.39 is 0 Å². The minimum Gasteiger partial charge on any atom is -0.379 e. The standard InChI is InChI=1S/C15H20N2O3/c18-14-3-1-2-13-12(14)4-5-15(19)17(13)7-6-16-8-10-20-11-9-16/h4-5H,1-3,6-11H2. The highest BCUT2D eigenvalue weighted by molar-refractivity contribution is 5.97. The zero-order chi connectivity index (χ0) is 13.9. The number of nitrogens with zero attached hydrogens (tertiary/aromatic N) is 2. The number of hydrogen-bond acceptors (Lipinski definition) is 4. The summed E-state index contributed by atoms with van der Waals surface area (Å²) in [6, 6.07) is 3.23. The van der Waals surface area contributed by atoms with Crippen LogP contribution in [0.25, 0.3) is 0 Å². The number of rotatable bonds is 3. The van der Waals surface area contributed by atoms with Crippen LogP contribution in [0.5, 0.6) is 0 Å². The molecule has 5 heteroatoms. The van der Waals surface area contributed by atoms with E-state index >= 15 is 0 Å². The number of Topliss-reactive ketones (excluding diaryl/α,β-unsaturated/α-hetero) is 1. The number of fused-ring (bicyclic) bond motifs is 1. The normalized spacial score (nSPS) is 19.9. The highest BCUT2D eigenvalue weighted by Crippen LogP contribution is 2.19. The van der Waals surface area contributed by atoms with Gasteiger partial charge in [-0.05, 0) is 18.9 Å². The average molecular weight is 276 g/mol. The van der Waals surface area contributed by atoms with Crippen LogP contribution in [0.1, 0.15) is 28.9 Å². The van der Waals surface area contributed by atoms with Crippen molar-refractivity contribution < 1.29 is 9.53 Å². The summed E-state index contributed by atoms with van der Waals surface area (Å²) in [5, 5.41) is 0. The van der Waals surface area contributed by atoms with Gasteiger partial charge in [0, 0.05) is 49.9 Å². The molecule has 1 aromatic rings. The molecule has 0 atom stereocenters. The number of carbonyl (C=O) groups excluding carboxylic acids is 1. The van der Waals surface area contributed by atoms with Gasteiger partial charge in [0.05, 0.1) is 13.2 Å². The van der Waals surface area contributed by atoms with Gasteiger partial charge in [0.2, 0.25) is 0 Å². The highest BCUT2D eigenvalue weighted by atomic mass is 16.5. The number of ketones is 1. The topological polar surface area (TPSA) is 51.5 Å². The summed E-state index contributed by atoms with van der Waals surface area (Å²) in [6.45, 7) is 4.87. The molecule has 1 aromatic heterocycles. The summed E-state index contributed by atoms with van der Waals surface area (Å²) in [5.74, 6) is 0.173. The monoisotopic (exact) mass is 276 g/mol. The van der Waals surface area contributed by atoms with Crippen molar-refractivity contribution in [2.75, 3.05) is 32.8 Å². The molecular weight excluding hydrogens is 256 g/mol. The Kier molecular flexibility index (Phi) is 3.98. The fraction of sp³-hybridized carbons (Fsp3) is 0.600. The average Bonchev–Trinajstić information content (AvgIpc) is 2.47. The number of carbonyl (C=O) groups is 1. The number of hydrogen-bond donors (Lipinski definition) is 0. The molecule has 0 bridgehead atoms. The molecule has 0 amide bonds. The van der Waals surface area contributed by atoms with E-state index in [2.05, 4.69) is 4.90 Å². The van der Waals surface area contributed by atoms with Crippen molar-refractivity contribution in [3.63, 3.8) is 0 Å². The molecular formula is C15H20N2O3. The lowest BCUT2D eigenvalue weighted by Gasteiger charge is -2.28. The van der Waals surface area contributed by atoms with Gasteiger partial charge in [-0.2, -0.15) is 0 Å². The Morgan fingerprint density at radius 2 is 1.85 bits per heavy atom. The molecule has 0 N–H and O–H groups in total. The Morgan fingerprint density at radius 3 is 2.65 bits per heavy atom. The molecule has 1 aliphatic heterocycles. The Labute approximate surface area is 118 Å². The molecule has 0 spiro atoms. The maximum absolute atomic E-state index is 12.1. The van der Waals surface area contributed by atoms with Gasteiger partial charge in [-0.3, -0.25) is 14.5 Å². The molecule has 2 heterocycles. The summed E-state index contributed by atoms with van der Waals surface area (Å²) in [6.07, 6.45) is 2.29. The van der Waals surface area contributed by atoms with E-state index in [0.717, 1.165) is 56.9 Å². The Bertz CT molecular complexity index is 559. The number of pyridine rings is 1. The summed E-state index contributed by atoms with van der Waals surface area (Å²) >= 11 is 0. The van der Waals surface area contributed by atoms with E-state index in [1.165, 1.54) is 6.07 Å². The third-order valence-corrected chi connectivity index (χ3v) is 4.16. The van der Waals surface area contributed by atoms with E-state index in [4.69, 9.17) is 4.74 Å². The Morgan fingerprint density at radius 1 is 1.05 bits per heavy atom. The highest BCUT2D eigenvalue weighted by Gasteiger charge is 2.21. The molecule has 108 valence electrons. The second kappa shape index (κ2) is 5.89. The molecule has 1 aliphatic carbocycles. The number of morpholine rings is 1. The first-order valence-electron chi connectivity index (χ1n) is 7.32. The van der Waals surface area contributed by atoms with Crippen LogP contribution in [0.3, 0.4) is 0 Å². The SMILES string of the molecule is O=C1CCCc2c1ccc(=O)n2CCN1CCOCC1. The van der Waals surface area contributed by atoms with Gasteiger partial charge < -0.3 is 9.30 Å². The van der Waals surface area contributed by atoms with Gasteiger partial charge in [-0.25, -0.2) is 0 Å². The summed E-state index contributed by atoms with van der Waals surface area (Å²) < 4.78 is 7.12. The van der Waals surface area contributed by atoms with Crippen molar-refractivity contribution in [1.29, 1.82) is 0 Å². The van der Waals surface area contributed by atoms with E-state index in [0.29, 0.717) is 13.0 Å². The molecule has 1 fully saturated rings. The third kappa shape index (κ3) is 2.69. The van der Waals surface area contributed by atoms with Crippen molar-refractivity contribution >= 4 is 5.78 Å². The smallest absolute Gasteiger partial charge is 0.250 e. The second-order valence-electron chi connectivity index (χ2n) is 5.41. The van der Waals surface area contributed by atoms with E-state index in [-0.39, 0.29) is 11.3 Å². The minimum absolute atomic E-state index is 0.00621. The predicted molar refractivity (Wildman–Crippen MR) is 75.2 cm³/mol. The van der Waals surface area contributed by atoms with Crippen molar-refractivity contribution in [3.05, 3.63) is 33.7 Å². The lowest BCUT2D eigenvalue weighted by Crippen LogP contribution is -2.40. The number of aromatic nitrogens is 1. The van der Waals surface area contributed by atoms with Crippen LogP contribution in [-0.4, -0.2) is 48.1 Å². The Balaban J connectivity index is 1.79. The zero-order valence-corrected chi connectivity index (χ0v) is 11.6. The van der Waals surface area contributed by atoms with Gasteiger partial charge >= 0.3 is 0 Å². The minimum atomic E-state index is 0.00621. The van der Waals surface area contributed by atoms with Crippen molar-refractivity contribution in [3.8, 4) is 0 Å². The van der Waals surface area contributed by atoms with E-state index in [1.54, 1.807) is 10.6 Å². The molecule has 3 rings (SSSR count). The quantitative estimate of drug-likeness (QED) is 0.815. The molecule has 0 aromatic carbocycles. The van der Waals surface area contributed by atoms with Crippen LogP contribution < -0.4 is 5.56 Å². The zero-order valence-electron chi connectivity index (χ0n) is 11.6. The molecule has 0 saturated carbocycles. The lowest BCUT2D eigenvalue weighted by molar-refractivity contribution is 0.0361. The largest absolute Gasteiger partial charge is 0.379 e. The van der Waals surface area contributed by atoms with Crippen molar-refractivity contribution in [2.24, 2.45) is 0 Å². The van der Waals surface area contributed by atoms with Crippen LogP contribution in [0.4, 0.5) is 0 Å². The first-order chi connectivity index (χ1) is 9.75. The third-order valence-electron chi connectivity index (χ3n) is 4.16. The van der Waals surface area contributed by atoms with Crippen molar-refractivity contribution in [2.45, 2.75) is 25.8 Å². The molecule has 0 unspecified atom stereocenters. The second-order valence-corrected chi connectivity index (χ2v) is 5.41. The maximum Gasteiger partial charge on any atom is 0.250 e. The van der Waals surface area contributed by atoms with Gasteiger partial charge in [0.25, 0.3) is 5.56 Å². The summed E-state index contributed by atoms with van der Waals surface area (Å²) in [5.41, 5.74) is 1.69. The molecule has 5 nitrogen and oxygen atoms in total. The van der Waals surface area contributed by atoms with Gasteiger partial charge in [0.15, 0.2) is 5.78 Å². The van der Waals surface area contributed by atoms with Crippen molar-refractivity contribution in [1.82, 2.24) is 9.47 Å². The first-order valence-corrected chi connectivity index (χ1v) is 7.32. The van der Waals surface area contributed by atoms with Crippen LogP contribution in [0.15, 0.2) is 16.9 Å². The van der Waals surface area contributed by atoms with E-state index in [9.17, 15) is 9.59 Å². The molecule has 2 aliphatic rings. The maximum atomic E-state index is 12.1. The molecule has 20 heavy (non-hydrogen) atoms. The molecule has 1 saturated heterocycles. The predicted octanol–water partition coefficient (Wildman–Crippen LogP) is 0.700. The van der Waals surface area contributed by atoms with Crippen LogP contribution >= 0.6 is 0 Å². The first kappa shape index (κ1) is 13.5. The molecule has 0 radical (unpaired) electrons. The van der Waals surface area contributed by atoms with Crippen LogP contribution in [0, 0.1) is 0 Å². The summed E-state index contributed by atoms with van der Waals surface area (Å²) in [4.78, 5) is 26.3. The number of ether oxygens (including phenoxy) is 1. The van der Waals surface area contributed by atoms with Crippen LogP contribution in [-0.2, 0) is 17.7 Å².